The van der Waals surface area contributed by atoms with E-state index in [4.69, 9.17) is 5.11 Å². The van der Waals surface area contributed by atoms with Gasteiger partial charge in [-0.2, -0.15) is 0 Å². The van der Waals surface area contributed by atoms with Gasteiger partial charge in [0, 0.05) is 18.5 Å². The molecule has 0 saturated carbocycles. The monoisotopic (exact) mass is 298 g/mol. The standard InChI is InChI=1S/C12H18N4O3S/c1-8(10-14-9(7-20-10)11(17)18)13-12(19)15-16-5-3-2-4-6-16/h7-8H,2-6H2,1H3,(H,17,18)(H2,13,15,19). The molecule has 1 atom stereocenters. The van der Waals surface area contributed by atoms with E-state index < -0.39 is 5.97 Å². The van der Waals surface area contributed by atoms with Crippen LogP contribution in [0.25, 0.3) is 0 Å². The molecule has 2 rings (SSSR count). The fourth-order valence-corrected chi connectivity index (χ4v) is 2.82. The van der Waals surface area contributed by atoms with E-state index in [1.54, 1.807) is 6.92 Å². The predicted octanol–water partition coefficient (Wildman–Crippen LogP) is 1.60. The first-order valence-corrected chi connectivity index (χ1v) is 7.45. The summed E-state index contributed by atoms with van der Waals surface area (Å²) in [6.07, 6.45) is 3.38. The van der Waals surface area contributed by atoms with Crippen LogP contribution in [0.4, 0.5) is 4.79 Å². The number of nitrogens with zero attached hydrogens (tertiary/aromatic N) is 2. The zero-order valence-corrected chi connectivity index (χ0v) is 12.1. The molecular weight excluding hydrogens is 280 g/mol. The normalized spacial score (nSPS) is 17.4. The van der Waals surface area contributed by atoms with Crippen LogP contribution in [0.5, 0.6) is 0 Å². The Kier molecular flexibility index (Phi) is 4.91. The summed E-state index contributed by atoms with van der Waals surface area (Å²) in [6.45, 7) is 3.50. The van der Waals surface area contributed by atoms with Crippen molar-refractivity contribution in [2.24, 2.45) is 0 Å². The van der Waals surface area contributed by atoms with Crippen LogP contribution in [0.1, 0.15) is 47.7 Å². The van der Waals surface area contributed by atoms with Gasteiger partial charge < -0.3 is 10.4 Å². The van der Waals surface area contributed by atoms with Crippen molar-refractivity contribution >= 4 is 23.3 Å². The number of rotatable bonds is 4. The van der Waals surface area contributed by atoms with Crippen molar-refractivity contribution in [3.05, 3.63) is 16.1 Å². The SMILES string of the molecule is CC(NC(=O)NN1CCCCC1)c1nc(C(=O)O)cs1. The van der Waals surface area contributed by atoms with Crippen LogP contribution < -0.4 is 10.7 Å². The largest absolute Gasteiger partial charge is 0.476 e. The van der Waals surface area contributed by atoms with Gasteiger partial charge in [0.1, 0.15) is 5.01 Å². The molecule has 0 aromatic carbocycles. The van der Waals surface area contributed by atoms with Crippen molar-refractivity contribution in [1.29, 1.82) is 0 Å². The number of hydrogen-bond donors (Lipinski definition) is 3. The number of nitrogens with one attached hydrogen (secondary N) is 2. The lowest BCUT2D eigenvalue weighted by Gasteiger charge is -2.27. The Morgan fingerprint density at radius 2 is 2.10 bits per heavy atom. The van der Waals surface area contributed by atoms with Crippen LogP contribution in [-0.2, 0) is 0 Å². The van der Waals surface area contributed by atoms with Gasteiger partial charge in [0.25, 0.3) is 0 Å². The summed E-state index contributed by atoms with van der Waals surface area (Å²) in [4.78, 5) is 26.6. The third kappa shape index (κ3) is 3.91. The van der Waals surface area contributed by atoms with Crippen molar-refractivity contribution in [2.45, 2.75) is 32.2 Å². The summed E-state index contributed by atoms with van der Waals surface area (Å²) in [5.41, 5.74) is 2.80. The van der Waals surface area contributed by atoms with Gasteiger partial charge in [-0.1, -0.05) is 6.42 Å². The van der Waals surface area contributed by atoms with Crippen LogP contribution in [0, 0.1) is 0 Å². The number of hydrazine groups is 1. The van der Waals surface area contributed by atoms with Gasteiger partial charge in [0.15, 0.2) is 5.69 Å². The van der Waals surface area contributed by atoms with Gasteiger partial charge in [-0.25, -0.2) is 19.6 Å². The average molecular weight is 298 g/mol. The van der Waals surface area contributed by atoms with E-state index in [1.807, 2.05) is 5.01 Å². The number of piperidine rings is 1. The molecule has 110 valence electrons. The highest BCUT2D eigenvalue weighted by Gasteiger charge is 2.18. The summed E-state index contributed by atoms with van der Waals surface area (Å²) >= 11 is 1.23. The van der Waals surface area contributed by atoms with Crippen molar-refractivity contribution < 1.29 is 14.7 Å². The maximum absolute atomic E-state index is 11.8. The number of carboxylic acid groups (broad SMARTS) is 1. The molecule has 1 aliphatic heterocycles. The zero-order chi connectivity index (χ0) is 14.5. The molecule has 1 aromatic heterocycles. The highest BCUT2D eigenvalue weighted by molar-refractivity contribution is 7.09. The smallest absolute Gasteiger partial charge is 0.355 e. The second-order valence-electron chi connectivity index (χ2n) is 4.73. The maximum atomic E-state index is 11.8. The molecule has 1 aromatic rings. The first-order chi connectivity index (χ1) is 9.56. The van der Waals surface area contributed by atoms with Crippen LogP contribution >= 0.6 is 11.3 Å². The Bertz CT molecular complexity index is 485. The van der Waals surface area contributed by atoms with Crippen molar-refractivity contribution in [1.82, 2.24) is 20.7 Å². The Morgan fingerprint density at radius 3 is 2.70 bits per heavy atom. The number of carboxylic acids is 1. The Hall–Kier alpha value is -1.67. The Balaban J connectivity index is 1.84. The highest BCUT2D eigenvalue weighted by Crippen LogP contribution is 2.17. The minimum atomic E-state index is -1.06. The summed E-state index contributed by atoms with van der Waals surface area (Å²) in [5, 5.41) is 15.5. The lowest BCUT2D eigenvalue weighted by atomic mass is 10.2. The fourth-order valence-electron chi connectivity index (χ4n) is 2.02. The summed E-state index contributed by atoms with van der Waals surface area (Å²) < 4.78 is 0. The quantitative estimate of drug-likeness (QED) is 0.785. The van der Waals surface area contributed by atoms with E-state index >= 15 is 0 Å². The van der Waals surface area contributed by atoms with Gasteiger partial charge >= 0.3 is 12.0 Å². The molecule has 1 saturated heterocycles. The molecule has 3 N–H and O–H groups in total. The number of aromatic carboxylic acids is 1. The minimum absolute atomic E-state index is 0.00934. The minimum Gasteiger partial charge on any atom is -0.476 e. The second kappa shape index (κ2) is 6.67. The van der Waals surface area contributed by atoms with Crippen molar-refractivity contribution in [3.63, 3.8) is 0 Å². The molecule has 8 heteroatoms. The van der Waals surface area contributed by atoms with Gasteiger partial charge in [-0.3, -0.25) is 5.43 Å². The highest BCUT2D eigenvalue weighted by atomic mass is 32.1. The van der Waals surface area contributed by atoms with Crippen molar-refractivity contribution in [3.8, 4) is 0 Å². The average Bonchev–Trinajstić information content (AvgIpc) is 2.89. The molecular formula is C12H18N4O3S. The number of hydrogen-bond acceptors (Lipinski definition) is 5. The van der Waals surface area contributed by atoms with Gasteiger partial charge in [-0.15, -0.1) is 11.3 Å². The maximum Gasteiger partial charge on any atom is 0.355 e. The number of carbonyl (C=O) groups excluding carboxylic acids is 1. The predicted molar refractivity (Wildman–Crippen MR) is 74.6 cm³/mol. The van der Waals surface area contributed by atoms with Gasteiger partial charge in [-0.05, 0) is 19.8 Å². The van der Waals surface area contributed by atoms with Crippen LogP contribution in [0.2, 0.25) is 0 Å². The first kappa shape index (κ1) is 14.7. The number of urea groups is 1. The van der Waals surface area contributed by atoms with Gasteiger partial charge in [0.2, 0.25) is 0 Å². The Labute approximate surface area is 121 Å². The lowest BCUT2D eigenvalue weighted by Crippen LogP contribution is -2.49. The number of aromatic nitrogens is 1. The second-order valence-corrected chi connectivity index (χ2v) is 5.62. The van der Waals surface area contributed by atoms with Crippen LogP contribution in [0.15, 0.2) is 5.38 Å². The van der Waals surface area contributed by atoms with E-state index in [1.165, 1.54) is 23.1 Å². The van der Waals surface area contributed by atoms with E-state index in [0.29, 0.717) is 5.01 Å². The summed E-state index contributed by atoms with van der Waals surface area (Å²) in [5.74, 6) is -1.06. The molecule has 0 spiro atoms. The van der Waals surface area contributed by atoms with E-state index in [0.717, 1.165) is 25.9 Å². The third-order valence-corrected chi connectivity index (χ3v) is 4.10. The van der Waals surface area contributed by atoms with Crippen molar-refractivity contribution in [2.75, 3.05) is 13.1 Å². The summed E-state index contributed by atoms with van der Waals surface area (Å²) in [6, 6.07) is -0.607. The number of carbonyl (C=O) groups is 2. The number of thiazole rings is 1. The molecule has 1 unspecified atom stereocenters. The molecule has 7 nitrogen and oxygen atoms in total. The Morgan fingerprint density at radius 1 is 1.40 bits per heavy atom. The lowest BCUT2D eigenvalue weighted by molar-refractivity contribution is 0.0691. The first-order valence-electron chi connectivity index (χ1n) is 6.57. The van der Waals surface area contributed by atoms with Gasteiger partial charge in [0.05, 0.1) is 6.04 Å². The molecule has 0 radical (unpaired) electrons. The zero-order valence-electron chi connectivity index (χ0n) is 11.3. The fraction of sp³-hybridized carbons (Fsp3) is 0.583. The molecule has 2 amide bonds. The van der Waals surface area contributed by atoms with E-state index in [9.17, 15) is 9.59 Å². The molecule has 1 fully saturated rings. The molecule has 0 bridgehead atoms. The third-order valence-electron chi connectivity index (χ3n) is 3.07. The van der Waals surface area contributed by atoms with E-state index in [-0.39, 0.29) is 17.8 Å². The molecule has 0 aliphatic carbocycles. The van der Waals surface area contributed by atoms with Crippen LogP contribution in [0.3, 0.4) is 0 Å². The topological polar surface area (TPSA) is 94.6 Å². The molecule has 1 aliphatic rings. The van der Waals surface area contributed by atoms with Crippen LogP contribution in [-0.4, -0.2) is 40.2 Å². The molecule has 2 heterocycles. The summed E-state index contributed by atoms with van der Waals surface area (Å²) in [7, 11) is 0. The number of amides is 2. The molecule has 20 heavy (non-hydrogen) atoms. The van der Waals surface area contributed by atoms with E-state index in [2.05, 4.69) is 15.7 Å².